The van der Waals surface area contributed by atoms with E-state index in [9.17, 15) is 0 Å². The van der Waals surface area contributed by atoms with Crippen molar-refractivity contribution in [2.75, 3.05) is 20.6 Å². The zero-order valence-electron chi connectivity index (χ0n) is 10.7. The van der Waals surface area contributed by atoms with Crippen molar-refractivity contribution in [1.29, 1.82) is 0 Å². The smallest absolute Gasteiger partial charge is 0.0453 e. The molecule has 1 heterocycles. The van der Waals surface area contributed by atoms with Crippen LogP contribution in [0.15, 0.2) is 18.3 Å². The fourth-order valence-electron chi connectivity index (χ4n) is 1.72. The fraction of sp³-hybridized carbons (Fsp3) is 0.429. The molecule has 88 valence electrons. The zero-order valence-corrected chi connectivity index (χ0v) is 10.7. The van der Waals surface area contributed by atoms with Crippen LogP contribution in [-0.2, 0) is 6.42 Å². The summed E-state index contributed by atoms with van der Waals surface area (Å²) in [5, 5.41) is 2.54. The molecule has 0 unspecified atom stereocenters. The van der Waals surface area contributed by atoms with Crippen molar-refractivity contribution < 1.29 is 0 Å². The second kappa shape index (κ2) is 6.33. The standard InChI is InChI=1S/C14H22N2/c1-5-7-8-14-13(6-2)12(11-15-14)9-10-16(3)4/h5-8,11,15H,9-10H2,1-4H3/b7-5-,13-6-,14-8+. The number of hydrogen-bond acceptors (Lipinski definition) is 1. The Morgan fingerprint density at radius 2 is 2.06 bits per heavy atom. The number of rotatable bonds is 4. The van der Waals surface area contributed by atoms with E-state index >= 15 is 0 Å². The van der Waals surface area contributed by atoms with Crippen molar-refractivity contribution in [3.63, 3.8) is 0 Å². The lowest BCUT2D eigenvalue weighted by Crippen LogP contribution is -2.26. The van der Waals surface area contributed by atoms with Crippen molar-refractivity contribution in [2.45, 2.75) is 20.3 Å². The summed E-state index contributed by atoms with van der Waals surface area (Å²) >= 11 is 0. The van der Waals surface area contributed by atoms with Gasteiger partial charge in [0, 0.05) is 18.1 Å². The van der Waals surface area contributed by atoms with E-state index in [-0.39, 0.29) is 0 Å². The Labute approximate surface area is 98.0 Å². The Morgan fingerprint density at radius 3 is 2.62 bits per heavy atom. The van der Waals surface area contributed by atoms with Crippen molar-refractivity contribution in [3.05, 3.63) is 34.5 Å². The van der Waals surface area contributed by atoms with Crippen LogP contribution in [0.1, 0.15) is 19.4 Å². The van der Waals surface area contributed by atoms with E-state index in [4.69, 9.17) is 0 Å². The molecule has 2 heteroatoms. The molecule has 1 aromatic rings. The molecule has 0 aliphatic rings. The van der Waals surface area contributed by atoms with Gasteiger partial charge in [-0.15, -0.1) is 0 Å². The molecule has 1 aromatic heterocycles. The summed E-state index contributed by atoms with van der Waals surface area (Å²) in [7, 11) is 4.21. The van der Waals surface area contributed by atoms with Crippen molar-refractivity contribution >= 4 is 12.2 Å². The first-order chi connectivity index (χ1) is 7.69. The Morgan fingerprint density at radius 1 is 1.31 bits per heavy atom. The maximum atomic E-state index is 3.33. The first kappa shape index (κ1) is 12.8. The van der Waals surface area contributed by atoms with Crippen LogP contribution in [0, 0.1) is 0 Å². The highest BCUT2D eigenvalue weighted by Crippen LogP contribution is 1.90. The summed E-state index contributed by atoms with van der Waals surface area (Å²) in [5.74, 6) is 0. The number of allylic oxidation sites excluding steroid dienone is 2. The summed E-state index contributed by atoms with van der Waals surface area (Å²) in [5.41, 5.74) is 1.40. The third-order valence-corrected chi connectivity index (χ3v) is 2.61. The van der Waals surface area contributed by atoms with Gasteiger partial charge in [0.05, 0.1) is 0 Å². The molecule has 1 N–H and O–H groups in total. The lowest BCUT2D eigenvalue weighted by Gasteiger charge is -2.07. The number of hydrogen-bond donors (Lipinski definition) is 1. The van der Waals surface area contributed by atoms with E-state index in [1.165, 1.54) is 16.1 Å². The SMILES string of the molecule is C\C=C/C=c1/[nH]cc(CCN(C)C)/c1=C/C. The zero-order chi connectivity index (χ0) is 12.0. The highest BCUT2D eigenvalue weighted by molar-refractivity contribution is 5.39. The van der Waals surface area contributed by atoms with E-state index in [1.807, 2.05) is 13.0 Å². The van der Waals surface area contributed by atoms with Crippen LogP contribution in [0.3, 0.4) is 0 Å². The summed E-state index contributed by atoms with van der Waals surface area (Å²) < 4.78 is 0. The number of H-pyrrole nitrogens is 1. The Kier molecular flexibility index (Phi) is 5.06. The topological polar surface area (TPSA) is 19.0 Å². The summed E-state index contributed by atoms with van der Waals surface area (Å²) in [4.78, 5) is 5.54. The molecule has 2 nitrogen and oxygen atoms in total. The average molecular weight is 218 g/mol. The summed E-state index contributed by atoms with van der Waals surface area (Å²) in [6, 6.07) is 0. The normalized spacial score (nSPS) is 14.6. The van der Waals surface area contributed by atoms with Crippen LogP contribution >= 0.6 is 0 Å². The summed E-state index contributed by atoms with van der Waals surface area (Å²) in [6.07, 6.45) is 11.6. The molecule has 0 aliphatic carbocycles. The van der Waals surface area contributed by atoms with Crippen molar-refractivity contribution in [2.24, 2.45) is 0 Å². The molecule has 0 aromatic carbocycles. The van der Waals surface area contributed by atoms with Crippen LogP contribution in [0.4, 0.5) is 0 Å². The predicted octanol–water partition coefficient (Wildman–Crippen LogP) is 1.28. The van der Waals surface area contributed by atoms with E-state index in [1.54, 1.807) is 0 Å². The second-order valence-corrected chi connectivity index (χ2v) is 4.18. The van der Waals surface area contributed by atoms with Crippen LogP contribution in [0.2, 0.25) is 0 Å². The van der Waals surface area contributed by atoms with Crippen LogP contribution < -0.4 is 10.6 Å². The van der Waals surface area contributed by atoms with Crippen LogP contribution in [0.5, 0.6) is 0 Å². The molecule has 0 radical (unpaired) electrons. The van der Waals surface area contributed by atoms with Crippen LogP contribution in [-0.4, -0.2) is 30.5 Å². The fourth-order valence-corrected chi connectivity index (χ4v) is 1.72. The third kappa shape index (κ3) is 3.38. The molecule has 1 rings (SSSR count). The maximum Gasteiger partial charge on any atom is 0.0453 e. The third-order valence-electron chi connectivity index (χ3n) is 2.61. The molecule has 0 atom stereocenters. The second-order valence-electron chi connectivity index (χ2n) is 4.18. The predicted molar refractivity (Wildman–Crippen MR) is 71.7 cm³/mol. The molecule has 0 bridgehead atoms. The van der Waals surface area contributed by atoms with Gasteiger partial charge >= 0.3 is 0 Å². The van der Waals surface area contributed by atoms with E-state index in [0.717, 1.165) is 13.0 Å². The molecule has 0 spiro atoms. The number of aromatic nitrogens is 1. The lowest BCUT2D eigenvalue weighted by molar-refractivity contribution is 0.413. The minimum Gasteiger partial charge on any atom is -0.361 e. The first-order valence-electron chi connectivity index (χ1n) is 5.79. The van der Waals surface area contributed by atoms with Crippen LogP contribution in [0.25, 0.3) is 12.2 Å². The molecule has 0 aliphatic heterocycles. The molecule has 16 heavy (non-hydrogen) atoms. The average Bonchev–Trinajstić information content (AvgIpc) is 2.65. The molecule has 0 saturated heterocycles. The van der Waals surface area contributed by atoms with Gasteiger partial charge in [0.1, 0.15) is 0 Å². The number of aromatic amines is 1. The first-order valence-corrected chi connectivity index (χ1v) is 5.79. The largest absolute Gasteiger partial charge is 0.361 e. The minimum atomic E-state index is 1.09. The maximum absolute atomic E-state index is 3.33. The highest BCUT2D eigenvalue weighted by atomic mass is 15.0. The Balaban J connectivity index is 3.01. The monoisotopic (exact) mass is 218 g/mol. The molecule has 0 fully saturated rings. The number of nitrogens with one attached hydrogen (secondary N) is 1. The van der Waals surface area contributed by atoms with Gasteiger partial charge < -0.3 is 9.88 Å². The van der Waals surface area contributed by atoms with Gasteiger partial charge in [0.15, 0.2) is 0 Å². The number of nitrogens with zero attached hydrogens (tertiary/aromatic N) is 1. The Hall–Kier alpha value is -1.28. The summed E-state index contributed by atoms with van der Waals surface area (Å²) in [6.45, 7) is 5.21. The quantitative estimate of drug-likeness (QED) is 0.806. The van der Waals surface area contributed by atoms with Crippen molar-refractivity contribution in [3.8, 4) is 0 Å². The van der Waals surface area contributed by atoms with Gasteiger partial charge in [0.25, 0.3) is 0 Å². The van der Waals surface area contributed by atoms with Gasteiger partial charge in [0.2, 0.25) is 0 Å². The minimum absolute atomic E-state index is 1.09. The van der Waals surface area contributed by atoms with Gasteiger partial charge in [-0.3, -0.25) is 0 Å². The highest BCUT2D eigenvalue weighted by Gasteiger charge is 1.99. The van der Waals surface area contributed by atoms with Crippen molar-refractivity contribution in [1.82, 2.24) is 9.88 Å². The van der Waals surface area contributed by atoms with Gasteiger partial charge in [-0.1, -0.05) is 18.2 Å². The van der Waals surface area contributed by atoms with E-state index in [2.05, 4.69) is 55.3 Å². The molecule has 0 saturated carbocycles. The number of likely N-dealkylation sites (N-methyl/N-ethyl adjacent to an activating group) is 1. The van der Waals surface area contributed by atoms with E-state index in [0.29, 0.717) is 0 Å². The van der Waals surface area contributed by atoms with E-state index < -0.39 is 0 Å². The lowest BCUT2D eigenvalue weighted by atomic mass is 10.2. The Bertz CT molecular complexity index is 450. The van der Waals surface area contributed by atoms with Gasteiger partial charge in [-0.2, -0.15) is 0 Å². The molecule has 0 amide bonds. The molecular weight excluding hydrogens is 196 g/mol. The van der Waals surface area contributed by atoms with Gasteiger partial charge in [-0.05, 0) is 51.2 Å². The molecular formula is C14H22N2. The van der Waals surface area contributed by atoms with Gasteiger partial charge in [-0.25, -0.2) is 0 Å².